The highest BCUT2D eigenvalue weighted by atomic mass is 35.5. The fraction of sp³-hybridized carbons (Fsp3) is 0.0833. The third-order valence-corrected chi connectivity index (χ3v) is 2.43. The van der Waals surface area contributed by atoms with E-state index in [1.807, 2.05) is 37.3 Å². The molecule has 1 nitrogen and oxygen atoms in total. The maximum atomic E-state index is 6.03. The largest absolute Gasteiger partial charge is 0.235 e. The van der Waals surface area contributed by atoms with E-state index in [0.29, 0.717) is 5.15 Å². The Morgan fingerprint density at radius 2 is 2.07 bits per heavy atom. The summed E-state index contributed by atoms with van der Waals surface area (Å²) in [5, 5.41) is 1.62. The maximum absolute atomic E-state index is 6.03. The molecule has 0 aliphatic heterocycles. The van der Waals surface area contributed by atoms with Crippen LogP contribution >= 0.6 is 11.6 Å². The fourth-order valence-corrected chi connectivity index (χ4v) is 1.70. The van der Waals surface area contributed by atoms with E-state index in [4.69, 9.17) is 11.6 Å². The SMILES string of the molecule is C=C(C)c1cc2ccccc2nc1Cl. The molecule has 0 saturated carbocycles. The Bertz CT molecular complexity index is 503. The van der Waals surface area contributed by atoms with Crippen molar-refractivity contribution in [3.05, 3.63) is 47.6 Å². The topological polar surface area (TPSA) is 12.9 Å². The van der Waals surface area contributed by atoms with Crippen LogP contribution in [0.25, 0.3) is 16.5 Å². The summed E-state index contributed by atoms with van der Waals surface area (Å²) in [5.41, 5.74) is 2.78. The van der Waals surface area contributed by atoms with Crippen molar-refractivity contribution >= 4 is 28.1 Å². The lowest BCUT2D eigenvalue weighted by Crippen LogP contribution is -1.86. The highest BCUT2D eigenvalue weighted by Gasteiger charge is 2.04. The number of halogens is 1. The number of para-hydroxylation sites is 1. The molecule has 0 spiro atoms. The van der Waals surface area contributed by atoms with Gasteiger partial charge >= 0.3 is 0 Å². The Morgan fingerprint density at radius 3 is 2.79 bits per heavy atom. The third-order valence-electron chi connectivity index (χ3n) is 2.14. The molecule has 0 aliphatic carbocycles. The number of hydrogen-bond donors (Lipinski definition) is 0. The molecule has 2 heteroatoms. The van der Waals surface area contributed by atoms with Gasteiger partial charge in [0, 0.05) is 10.9 Å². The minimum absolute atomic E-state index is 0.524. The van der Waals surface area contributed by atoms with E-state index in [1.54, 1.807) is 0 Å². The molecular formula is C12H10ClN. The van der Waals surface area contributed by atoms with Gasteiger partial charge < -0.3 is 0 Å². The lowest BCUT2D eigenvalue weighted by Gasteiger charge is -2.04. The number of allylic oxidation sites excluding steroid dienone is 1. The summed E-state index contributed by atoms with van der Waals surface area (Å²) in [4.78, 5) is 4.30. The van der Waals surface area contributed by atoms with Crippen LogP contribution in [0.2, 0.25) is 5.15 Å². The van der Waals surface area contributed by atoms with E-state index in [-0.39, 0.29) is 0 Å². The molecular weight excluding hydrogens is 194 g/mol. The van der Waals surface area contributed by atoms with Crippen LogP contribution in [0.4, 0.5) is 0 Å². The number of aromatic nitrogens is 1. The lowest BCUT2D eigenvalue weighted by atomic mass is 10.1. The van der Waals surface area contributed by atoms with Crippen LogP contribution in [0, 0.1) is 0 Å². The summed E-state index contributed by atoms with van der Waals surface area (Å²) in [6, 6.07) is 9.92. The number of pyridine rings is 1. The first-order valence-corrected chi connectivity index (χ1v) is 4.77. The Morgan fingerprint density at radius 1 is 1.36 bits per heavy atom. The molecule has 1 aromatic heterocycles. The van der Waals surface area contributed by atoms with Crippen molar-refractivity contribution in [1.82, 2.24) is 4.98 Å². The molecule has 2 aromatic rings. The average molecular weight is 204 g/mol. The summed E-state index contributed by atoms with van der Waals surface area (Å²) < 4.78 is 0. The van der Waals surface area contributed by atoms with Crippen molar-refractivity contribution in [2.45, 2.75) is 6.92 Å². The van der Waals surface area contributed by atoms with Gasteiger partial charge in [0.05, 0.1) is 5.52 Å². The predicted octanol–water partition coefficient (Wildman–Crippen LogP) is 3.92. The van der Waals surface area contributed by atoms with Crippen LogP contribution in [0.15, 0.2) is 36.9 Å². The van der Waals surface area contributed by atoms with Crippen LogP contribution in [-0.4, -0.2) is 4.98 Å². The van der Waals surface area contributed by atoms with Gasteiger partial charge in [-0.05, 0) is 24.6 Å². The second-order valence-corrected chi connectivity index (χ2v) is 3.66. The number of rotatable bonds is 1. The van der Waals surface area contributed by atoms with Gasteiger partial charge in [0.25, 0.3) is 0 Å². The van der Waals surface area contributed by atoms with Gasteiger partial charge in [-0.25, -0.2) is 4.98 Å². The van der Waals surface area contributed by atoms with Gasteiger partial charge in [-0.15, -0.1) is 0 Å². The molecule has 1 heterocycles. The quantitative estimate of drug-likeness (QED) is 0.641. The first-order valence-electron chi connectivity index (χ1n) is 4.39. The van der Waals surface area contributed by atoms with E-state index in [0.717, 1.165) is 22.0 Å². The molecule has 0 unspecified atom stereocenters. The highest BCUT2D eigenvalue weighted by molar-refractivity contribution is 6.31. The standard InChI is InChI=1S/C12H10ClN/c1-8(2)10-7-9-5-3-4-6-11(9)14-12(10)13/h3-7H,1H2,2H3. The van der Waals surface area contributed by atoms with E-state index in [1.165, 1.54) is 0 Å². The molecule has 70 valence electrons. The number of hydrogen-bond acceptors (Lipinski definition) is 1. The number of nitrogens with zero attached hydrogens (tertiary/aromatic N) is 1. The fourth-order valence-electron chi connectivity index (χ4n) is 1.39. The van der Waals surface area contributed by atoms with Gasteiger partial charge in [-0.3, -0.25) is 0 Å². The Balaban J connectivity index is 2.77. The monoisotopic (exact) mass is 203 g/mol. The first kappa shape index (κ1) is 9.22. The van der Waals surface area contributed by atoms with E-state index in [9.17, 15) is 0 Å². The predicted molar refractivity (Wildman–Crippen MR) is 61.5 cm³/mol. The maximum Gasteiger partial charge on any atom is 0.137 e. The summed E-state index contributed by atoms with van der Waals surface area (Å²) in [6.45, 7) is 5.80. The Hall–Kier alpha value is -1.34. The minimum atomic E-state index is 0.524. The van der Waals surface area contributed by atoms with Crippen LogP contribution in [0.1, 0.15) is 12.5 Å². The average Bonchev–Trinajstić information content (AvgIpc) is 2.16. The smallest absolute Gasteiger partial charge is 0.137 e. The molecule has 0 fully saturated rings. The molecule has 1 aromatic carbocycles. The zero-order chi connectivity index (χ0) is 10.1. The normalized spacial score (nSPS) is 10.4. The minimum Gasteiger partial charge on any atom is -0.235 e. The van der Waals surface area contributed by atoms with Crippen molar-refractivity contribution in [3.63, 3.8) is 0 Å². The van der Waals surface area contributed by atoms with Crippen molar-refractivity contribution in [2.24, 2.45) is 0 Å². The third kappa shape index (κ3) is 1.51. The molecule has 0 radical (unpaired) electrons. The second kappa shape index (κ2) is 3.43. The molecule has 2 rings (SSSR count). The molecule has 0 N–H and O–H groups in total. The molecule has 0 atom stereocenters. The summed E-state index contributed by atoms with van der Waals surface area (Å²) in [5.74, 6) is 0. The summed E-state index contributed by atoms with van der Waals surface area (Å²) >= 11 is 6.03. The summed E-state index contributed by atoms with van der Waals surface area (Å²) in [6.07, 6.45) is 0. The van der Waals surface area contributed by atoms with Gasteiger partial charge in [0.2, 0.25) is 0 Å². The number of fused-ring (bicyclic) bond motifs is 1. The first-order chi connectivity index (χ1) is 6.68. The second-order valence-electron chi connectivity index (χ2n) is 3.30. The Labute approximate surface area is 88.0 Å². The van der Waals surface area contributed by atoms with Gasteiger partial charge in [0.1, 0.15) is 5.15 Å². The van der Waals surface area contributed by atoms with E-state index < -0.39 is 0 Å². The molecule has 14 heavy (non-hydrogen) atoms. The summed E-state index contributed by atoms with van der Waals surface area (Å²) in [7, 11) is 0. The molecule has 0 amide bonds. The van der Waals surface area contributed by atoms with Crippen molar-refractivity contribution in [3.8, 4) is 0 Å². The van der Waals surface area contributed by atoms with Crippen molar-refractivity contribution < 1.29 is 0 Å². The molecule has 0 saturated heterocycles. The van der Waals surface area contributed by atoms with Crippen LogP contribution in [0.3, 0.4) is 0 Å². The molecule has 0 bridgehead atoms. The van der Waals surface area contributed by atoms with Crippen molar-refractivity contribution in [1.29, 1.82) is 0 Å². The van der Waals surface area contributed by atoms with Crippen LogP contribution in [0.5, 0.6) is 0 Å². The highest BCUT2D eigenvalue weighted by Crippen LogP contribution is 2.24. The van der Waals surface area contributed by atoms with Gasteiger partial charge in [-0.1, -0.05) is 36.4 Å². The Kier molecular flexibility index (Phi) is 2.26. The van der Waals surface area contributed by atoms with Gasteiger partial charge in [-0.2, -0.15) is 0 Å². The van der Waals surface area contributed by atoms with Crippen molar-refractivity contribution in [2.75, 3.05) is 0 Å². The number of benzene rings is 1. The van der Waals surface area contributed by atoms with Gasteiger partial charge in [0.15, 0.2) is 0 Å². The van der Waals surface area contributed by atoms with E-state index in [2.05, 4.69) is 11.6 Å². The van der Waals surface area contributed by atoms with E-state index >= 15 is 0 Å². The van der Waals surface area contributed by atoms with Crippen LogP contribution < -0.4 is 0 Å². The zero-order valence-corrected chi connectivity index (χ0v) is 8.67. The van der Waals surface area contributed by atoms with Crippen LogP contribution in [-0.2, 0) is 0 Å². The zero-order valence-electron chi connectivity index (χ0n) is 7.92. The molecule has 0 aliphatic rings. The lowest BCUT2D eigenvalue weighted by molar-refractivity contribution is 1.38.